The molecule has 1 aromatic carbocycles. The number of carbonyl (C=O) groups is 1. The number of fused-ring (bicyclic) bond motifs is 2. The van der Waals surface area contributed by atoms with Crippen LogP contribution in [-0.4, -0.2) is 15.9 Å². The minimum absolute atomic E-state index is 0.110. The van der Waals surface area contributed by atoms with E-state index < -0.39 is 0 Å². The highest BCUT2D eigenvalue weighted by atomic mass is 32.1. The monoisotopic (exact) mass is 379 g/mol. The molecule has 4 rings (SSSR count). The molecule has 4 aromatic rings. The highest BCUT2D eigenvalue weighted by Gasteiger charge is 2.21. The number of furan rings is 1. The Hall–Kier alpha value is -2.73. The zero-order chi connectivity index (χ0) is 19.1. The van der Waals surface area contributed by atoms with Gasteiger partial charge in [0, 0.05) is 22.9 Å². The number of para-hydroxylation sites is 1. The zero-order valence-corrected chi connectivity index (χ0v) is 16.6. The summed E-state index contributed by atoms with van der Waals surface area (Å²) in [7, 11) is 0. The lowest BCUT2D eigenvalue weighted by molar-refractivity contribution is 0.0939. The van der Waals surface area contributed by atoms with E-state index in [4.69, 9.17) is 4.42 Å². The van der Waals surface area contributed by atoms with Gasteiger partial charge in [-0.2, -0.15) is 0 Å². The maximum absolute atomic E-state index is 12.9. The number of amides is 1. The molecule has 27 heavy (non-hydrogen) atoms. The Morgan fingerprint density at radius 3 is 2.78 bits per heavy atom. The Labute approximate surface area is 161 Å². The SMILES string of the molecule is CCc1nc(C)c2c(C)c(C(=O)NC(C)c3cc4ccccc4o3)sc2n1. The third-order valence-corrected chi connectivity index (χ3v) is 5.94. The van der Waals surface area contributed by atoms with E-state index in [1.807, 2.05) is 58.0 Å². The molecule has 0 fully saturated rings. The van der Waals surface area contributed by atoms with Crippen molar-refractivity contribution in [2.75, 3.05) is 0 Å². The number of benzene rings is 1. The summed E-state index contributed by atoms with van der Waals surface area (Å²) in [6.45, 7) is 7.89. The molecule has 1 atom stereocenters. The van der Waals surface area contributed by atoms with Crippen molar-refractivity contribution in [1.29, 1.82) is 0 Å². The second kappa shape index (κ2) is 6.78. The van der Waals surface area contributed by atoms with Crippen molar-refractivity contribution in [3.63, 3.8) is 0 Å². The van der Waals surface area contributed by atoms with Gasteiger partial charge in [0.05, 0.1) is 10.9 Å². The third-order valence-electron chi connectivity index (χ3n) is 4.76. The topological polar surface area (TPSA) is 68.0 Å². The van der Waals surface area contributed by atoms with Crippen molar-refractivity contribution in [3.05, 3.63) is 58.1 Å². The molecule has 0 aliphatic rings. The number of rotatable bonds is 4. The van der Waals surface area contributed by atoms with Gasteiger partial charge in [0.1, 0.15) is 22.0 Å². The molecule has 0 radical (unpaired) electrons. The maximum atomic E-state index is 12.9. The number of nitrogens with zero attached hydrogens (tertiary/aromatic N) is 2. The molecule has 6 heteroatoms. The van der Waals surface area contributed by atoms with Crippen LogP contribution in [0.1, 0.15) is 52.4 Å². The summed E-state index contributed by atoms with van der Waals surface area (Å²) in [5.74, 6) is 1.44. The molecule has 3 aromatic heterocycles. The van der Waals surface area contributed by atoms with Crippen LogP contribution >= 0.6 is 11.3 Å². The van der Waals surface area contributed by atoms with Crippen LogP contribution in [0.15, 0.2) is 34.7 Å². The van der Waals surface area contributed by atoms with E-state index in [0.29, 0.717) is 4.88 Å². The van der Waals surface area contributed by atoms with Crippen molar-refractivity contribution in [2.24, 2.45) is 0 Å². The normalized spacial score (nSPS) is 12.6. The fourth-order valence-corrected chi connectivity index (χ4v) is 4.47. The predicted molar refractivity (Wildman–Crippen MR) is 108 cm³/mol. The van der Waals surface area contributed by atoms with E-state index in [-0.39, 0.29) is 11.9 Å². The fraction of sp³-hybridized carbons (Fsp3) is 0.286. The molecule has 5 nitrogen and oxygen atoms in total. The molecule has 0 bridgehead atoms. The smallest absolute Gasteiger partial charge is 0.262 e. The van der Waals surface area contributed by atoms with Crippen LogP contribution in [0.2, 0.25) is 0 Å². The van der Waals surface area contributed by atoms with Gasteiger partial charge in [-0.05, 0) is 38.5 Å². The van der Waals surface area contributed by atoms with E-state index in [1.165, 1.54) is 11.3 Å². The Morgan fingerprint density at radius 2 is 2.04 bits per heavy atom. The first-order valence-corrected chi connectivity index (χ1v) is 9.85. The van der Waals surface area contributed by atoms with Gasteiger partial charge in [-0.15, -0.1) is 11.3 Å². The number of carbonyl (C=O) groups excluding carboxylic acids is 1. The molecule has 1 amide bonds. The van der Waals surface area contributed by atoms with Crippen molar-refractivity contribution < 1.29 is 9.21 Å². The van der Waals surface area contributed by atoms with Gasteiger partial charge in [0.15, 0.2) is 0 Å². The summed E-state index contributed by atoms with van der Waals surface area (Å²) < 4.78 is 5.87. The van der Waals surface area contributed by atoms with Crippen LogP contribution in [0.4, 0.5) is 0 Å². The number of nitrogens with one attached hydrogen (secondary N) is 1. The van der Waals surface area contributed by atoms with Crippen molar-refractivity contribution in [1.82, 2.24) is 15.3 Å². The zero-order valence-electron chi connectivity index (χ0n) is 15.8. The summed E-state index contributed by atoms with van der Waals surface area (Å²) in [4.78, 5) is 23.6. The van der Waals surface area contributed by atoms with E-state index in [1.54, 1.807) is 0 Å². The summed E-state index contributed by atoms with van der Waals surface area (Å²) in [5.41, 5.74) is 2.68. The van der Waals surface area contributed by atoms with Crippen LogP contribution in [0.5, 0.6) is 0 Å². The average molecular weight is 379 g/mol. The van der Waals surface area contributed by atoms with E-state index in [0.717, 1.165) is 50.4 Å². The highest BCUT2D eigenvalue weighted by molar-refractivity contribution is 7.20. The second-order valence-electron chi connectivity index (χ2n) is 6.70. The van der Waals surface area contributed by atoms with Crippen LogP contribution in [0.25, 0.3) is 21.2 Å². The molecule has 0 aliphatic carbocycles. The summed E-state index contributed by atoms with van der Waals surface area (Å²) in [6.07, 6.45) is 0.776. The first kappa shape index (κ1) is 17.7. The van der Waals surface area contributed by atoms with Crippen LogP contribution in [0.3, 0.4) is 0 Å². The van der Waals surface area contributed by atoms with E-state index in [2.05, 4.69) is 15.3 Å². The summed E-state index contributed by atoms with van der Waals surface area (Å²) in [6, 6.07) is 9.58. The van der Waals surface area contributed by atoms with Crippen LogP contribution in [0, 0.1) is 13.8 Å². The average Bonchev–Trinajstić information content (AvgIpc) is 3.23. The molecule has 3 heterocycles. The quantitative estimate of drug-likeness (QED) is 0.535. The minimum Gasteiger partial charge on any atom is -0.459 e. The molecular formula is C21H21N3O2S. The number of aryl methyl sites for hydroxylation is 3. The molecule has 1 N–H and O–H groups in total. The second-order valence-corrected chi connectivity index (χ2v) is 7.70. The van der Waals surface area contributed by atoms with Gasteiger partial charge < -0.3 is 9.73 Å². The van der Waals surface area contributed by atoms with E-state index in [9.17, 15) is 4.79 Å². The Bertz CT molecular complexity index is 1130. The standard InChI is InChI=1S/C21H21N3O2S/c1-5-17-22-13(4)18-11(2)19(27-21(18)24-17)20(25)23-12(3)16-10-14-8-6-7-9-15(14)26-16/h6-10,12H,5H2,1-4H3,(H,23,25). The van der Waals surface area contributed by atoms with Gasteiger partial charge in [-0.1, -0.05) is 25.1 Å². The van der Waals surface area contributed by atoms with Crippen molar-refractivity contribution in [3.8, 4) is 0 Å². The molecule has 0 spiro atoms. The Morgan fingerprint density at radius 1 is 1.26 bits per heavy atom. The van der Waals surface area contributed by atoms with Gasteiger partial charge in [-0.25, -0.2) is 9.97 Å². The molecule has 1 unspecified atom stereocenters. The van der Waals surface area contributed by atoms with Crippen LogP contribution in [-0.2, 0) is 6.42 Å². The molecule has 0 saturated heterocycles. The fourth-order valence-electron chi connectivity index (χ4n) is 3.32. The maximum Gasteiger partial charge on any atom is 0.262 e. The highest BCUT2D eigenvalue weighted by Crippen LogP contribution is 2.32. The van der Waals surface area contributed by atoms with Crippen molar-refractivity contribution >= 4 is 38.4 Å². The number of hydrogen-bond donors (Lipinski definition) is 1. The first-order chi connectivity index (χ1) is 13.0. The largest absolute Gasteiger partial charge is 0.459 e. The van der Waals surface area contributed by atoms with Crippen molar-refractivity contribution in [2.45, 2.75) is 40.2 Å². The minimum atomic E-state index is -0.229. The number of aromatic nitrogens is 2. The van der Waals surface area contributed by atoms with Gasteiger partial charge >= 0.3 is 0 Å². The van der Waals surface area contributed by atoms with Gasteiger partial charge in [-0.3, -0.25) is 4.79 Å². The Kier molecular flexibility index (Phi) is 4.44. The lowest BCUT2D eigenvalue weighted by Crippen LogP contribution is -2.26. The van der Waals surface area contributed by atoms with Gasteiger partial charge in [0.2, 0.25) is 0 Å². The summed E-state index contributed by atoms with van der Waals surface area (Å²) >= 11 is 1.42. The number of hydrogen-bond acceptors (Lipinski definition) is 5. The predicted octanol–water partition coefficient (Wildman–Crippen LogP) is 5.11. The van der Waals surface area contributed by atoms with E-state index >= 15 is 0 Å². The lowest BCUT2D eigenvalue weighted by Gasteiger charge is -2.10. The molecular weight excluding hydrogens is 358 g/mol. The molecule has 0 saturated carbocycles. The Balaban J connectivity index is 1.64. The third kappa shape index (κ3) is 3.10. The molecule has 0 aliphatic heterocycles. The number of thiophene rings is 1. The molecule has 138 valence electrons. The first-order valence-electron chi connectivity index (χ1n) is 9.04. The summed E-state index contributed by atoms with van der Waals surface area (Å²) in [5, 5.41) is 5.07. The lowest BCUT2D eigenvalue weighted by atomic mass is 10.1. The van der Waals surface area contributed by atoms with Gasteiger partial charge in [0.25, 0.3) is 5.91 Å². The van der Waals surface area contributed by atoms with Crippen LogP contribution < -0.4 is 5.32 Å².